The van der Waals surface area contributed by atoms with E-state index in [1.54, 1.807) is 24.3 Å². The van der Waals surface area contributed by atoms with Crippen LogP contribution >= 0.6 is 0 Å². The molecule has 6 heteroatoms. The fourth-order valence-corrected chi connectivity index (χ4v) is 2.45. The summed E-state index contributed by atoms with van der Waals surface area (Å²) in [4.78, 5) is 25.2. The van der Waals surface area contributed by atoms with E-state index in [9.17, 15) is 14.7 Å². The molecular formula is C15H20N2O4. The summed E-state index contributed by atoms with van der Waals surface area (Å²) < 4.78 is 5.32. The molecule has 3 N–H and O–H groups in total. The number of hydrogen-bond acceptors (Lipinski definition) is 4. The summed E-state index contributed by atoms with van der Waals surface area (Å²) in [7, 11) is 0. The molecule has 2 rings (SSSR count). The van der Waals surface area contributed by atoms with Crippen molar-refractivity contribution in [2.45, 2.75) is 25.4 Å². The maximum absolute atomic E-state index is 12.4. The van der Waals surface area contributed by atoms with Crippen molar-refractivity contribution < 1.29 is 19.4 Å². The van der Waals surface area contributed by atoms with E-state index in [1.807, 2.05) is 6.92 Å². The number of β-amino-alcohol motifs (C(OH)–C–C–N with tert-alkyl or cyclic N) is 1. The fraction of sp³-hybridized carbons (Fsp3) is 0.467. The lowest BCUT2D eigenvalue weighted by Gasteiger charge is -2.37. The first-order chi connectivity index (χ1) is 9.96. The van der Waals surface area contributed by atoms with Crippen molar-refractivity contribution in [2.24, 2.45) is 5.73 Å². The molecule has 1 heterocycles. The molecule has 1 atom stereocenters. The number of primary amides is 1. The molecule has 0 aromatic heterocycles. The lowest BCUT2D eigenvalue weighted by atomic mass is 9.92. The van der Waals surface area contributed by atoms with Crippen LogP contribution in [-0.2, 0) is 4.79 Å². The average molecular weight is 292 g/mol. The third-order valence-electron chi connectivity index (χ3n) is 3.63. The van der Waals surface area contributed by atoms with Gasteiger partial charge in [-0.3, -0.25) is 9.59 Å². The second-order valence-corrected chi connectivity index (χ2v) is 5.18. The molecule has 1 aliphatic rings. The highest BCUT2D eigenvalue weighted by molar-refractivity contribution is 5.95. The van der Waals surface area contributed by atoms with Gasteiger partial charge in [-0.2, -0.15) is 0 Å². The van der Waals surface area contributed by atoms with E-state index in [0.29, 0.717) is 30.9 Å². The van der Waals surface area contributed by atoms with Crippen LogP contribution < -0.4 is 10.5 Å². The minimum Gasteiger partial charge on any atom is -0.494 e. The van der Waals surface area contributed by atoms with Crippen molar-refractivity contribution in [3.05, 3.63) is 29.8 Å². The SMILES string of the molecule is CCOc1ccc(C(=O)N2CCC[C@@](O)(C(N)=O)C2)cc1. The highest BCUT2D eigenvalue weighted by Gasteiger charge is 2.40. The van der Waals surface area contributed by atoms with Crippen LogP contribution in [0.25, 0.3) is 0 Å². The molecule has 21 heavy (non-hydrogen) atoms. The number of likely N-dealkylation sites (tertiary alicyclic amines) is 1. The Bertz CT molecular complexity index is 529. The average Bonchev–Trinajstić information content (AvgIpc) is 2.47. The number of nitrogens with zero attached hydrogens (tertiary/aromatic N) is 1. The summed E-state index contributed by atoms with van der Waals surface area (Å²) in [5.74, 6) is -0.314. The summed E-state index contributed by atoms with van der Waals surface area (Å²) in [6, 6.07) is 6.79. The second kappa shape index (κ2) is 6.13. The first-order valence-corrected chi connectivity index (χ1v) is 7.00. The van der Waals surface area contributed by atoms with Gasteiger partial charge in [0.05, 0.1) is 13.2 Å². The van der Waals surface area contributed by atoms with E-state index >= 15 is 0 Å². The molecule has 0 spiro atoms. The molecule has 1 aliphatic heterocycles. The zero-order valence-electron chi connectivity index (χ0n) is 12.0. The van der Waals surface area contributed by atoms with Crippen molar-refractivity contribution in [2.75, 3.05) is 19.7 Å². The number of piperidine rings is 1. The molecule has 0 unspecified atom stereocenters. The maximum atomic E-state index is 12.4. The van der Waals surface area contributed by atoms with E-state index in [2.05, 4.69) is 0 Å². The largest absolute Gasteiger partial charge is 0.494 e. The summed E-state index contributed by atoms with van der Waals surface area (Å²) in [5, 5.41) is 10.1. The predicted octanol–water partition coefficient (Wildman–Crippen LogP) is 0.538. The van der Waals surface area contributed by atoms with Crippen LogP contribution in [0.1, 0.15) is 30.1 Å². The lowest BCUT2D eigenvalue weighted by molar-refractivity contribution is -0.140. The minimum atomic E-state index is -1.63. The van der Waals surface area contributed by atoms with Gasteiger partial charge >= 0.3 is 0 Å². The number of amides is 2. The van der Waals surface area contributed by atoms with Gasteiger partial charge in [-0.1, -0.05) is 0 Å². The third-order valence-corrected chi connectivity index (χ3v) is 3.63. The molecule has 0 saturated carbocycles. The van der Waals surface area contributed by atoms with E-state index in [1.165, 1.54) is 4.90 Å². The third kappa shape index (κ3) is 3.33. The quantitative estimate of drug-likeness (QED) is 0.847. The van der Waals surface area contributed by atoms with Crippen LogP contribution in [0, 0.1) is 0 Å². The molecule has 1 aromatic rings. The van der Waals surface area contributed by atoms with Gasteiger partial charge in [-0.25, -0.2) is 0 Å². The van der Waals surface area contributed by atoms with E-state index in [4.69, 9.17) is 10.5 Å². The van der Waals surface area contributed by atoms with Gasteiger partial charge in [0.15, 0.2) is 5.60 Å². The molecule has 1 fully saturated rings. The highest BCUT2D eigenvalue weighted by Crippen LogP contribution is 2.23. The van der Waals surface area contributed by atoms with Gasteiger partial charge in [-0.05, 0) is 44.0 Å². The molecule has 1 saturated heterocycles. The Labute approximate surface area is 123 Å². The van der Waals surface area contributed by atoms with Gasteiger partial charge in [0.25, 0.3) is 11.8 Å². The van der Waals surface area contributed by atoms with Gasteiger partial charge in [0.1, 0.15) is 5.75 Å². The predicted molar refractivity (Wildman–Crippen MR) is 76.9 cm³/mol. The Kier molecular flexibility index (Phi) is 4.47. The molecule has 2 amide bonds. The number of hydrogen-bond donors (Lipinski definition) is 2. The van der Waals surface area contributed by atoms with Crippen LogP contribution in [-0.4, -0.2) is 47.1 Å². The summed E-state index contributed by atoms with van der Waals surface area (Å²) >= 11 is 0. The van der Waals surface area contributed by atoms with Gasteiger partial charge in [-0.15, -0.1) is 0 Å². The highest BCUT2D eigenvalue weighted by atomic mass is 16.5. The second-order valence-electron chi connectivity index (χ2n) is 5.18. The standard InChI is InChI=1S/C15H20N2O4/c1-2-21-12-6-4-11(5-7-12)13(18)17-9-3-8-15(20,10-17)14(16)19/h4-7,20H,2-3,8-10H2,1H3,(H2,16,19)/t15-/m0/s1. The molecule has 1 aromatic carbocycles. The molecule has 114 valence electrons. The van der Waals surface area contributed by atoms with Gasteiger partial charge < -0.3 is 20.5 Å². The van der Waals surface area contributed by atoms with Crippen molar-refractivity contribution in [1.82, 2.24) is 4.90 Å². The number of rotatable bonds is 4. The zero-order chi connectivity index (χ0) is 15.5. The number of nitrogens with two attached hydrogens (primary N) is 1. The number of benzene rings is 1. The van der Waals surface area contributed by atoms with Crippen molar-refractivity contribution in [1.29, 1.82) is 0 Å². The Morgan fingerprint density at radius 2 is 2.05 bits per heavy atom. The summed E-state index contributed by atoms with van der Waals surface area (Å²) in [5.41, 5.74) is 4.08. The Morgan fingerprint density at radius 3 is 2.62 bits per heavy atom. The summed E-state index contributed by atoms with van der Waals surface area (Å²) in [6.07, 6.45) is 0.831. The van der Waals surface area contributed by atoms with Crippen molar-refractivity contribution in [3.63, 3.8) is 0 Å². The molecular weight excluding hydrogens is 272 g/mol. The smallest absolute Gasteiger partial charge is 0.253 e. The Balaban J connectivity index is 2.10. The van der Waals surface area contributed by atoms with Crippen LogP contribution in [0.4, 0.5) is 0 Å². The monoisotopic (exact) mass is 292 g/mol. The number of carbonyl (C=O) groups excluding carboxylic acids is 2. The van der Waals surface area contributed by atoms with Crippen LogP contribution in [0.2, 0.25) is 0 Å². The first-order valence-electron chi connectivity index (χ1n) is 7.00. The van der Waals surface area contributed by atoms with Crippen LogP contribution in [0.15, 0.2) is 24.3 Å². The fourth-order valence-electron chi connectivity index (χ4n) is 2.45. The van der Waals surface area contributed by atoms with Gasteiger partial charge in [0.2, 0.25) is 0 Å². The number of carbonyl (C=O) groups is 2. The van der Waals surface area contributed by atoms with Crippen LogP contribution in [0.5, 0.6) is 5.75 Å². The van der Waals surface area contributed by atoms with E-state index in [0.717, 1.165) is 0 Å². The van der Waals surface area contributed by atoms with E-state index in [-0.39, 0.29) is 18.9 Å². The summed E-state index contributed by atoms with van der Waals surface area (Å²) in [6.45, 7) is 2.89. The Morgan fingerprint density at radius 1 is 1.38 bits per heavy atom. The Hall–Kier alpha value is -2.08. The van der Waals surface area contributed by atoms with Crippen LogP contribution in [0.3, 0.4) is 0 Å². The molecule has 0 aliphatic carbocycles. The minimum absolute atomic E-state index is 0.0611. The first kappa shape index (κ1) is 15.3. The normalized spacial score (nSPS) is 21.9. The van der Waals surface area contributed by atoms with E-state index < -0.39 is 11.5 Å². The molecule has 0 radical (unpaired) electrons. The van der Waals surface area contributed by atoms with Crippen molar-refractivity contribution in [3.8, 4) is 5.75 Å². The lowest BCUT2D eigenvalue weighted by Crippen LogP contribution is -2.57. The molecule has 0 bridgehead atoms. The maximum Gasteiger partial charge on any atom is 0.253 e. The van der Waals surface area contributed by atoms with Crippen molar-refractivity contribution >= 4 is 11.8 Å². The topological polar surface area (TPSA) is 92.9 Å². The van der Waals surface area contributed by atoms with Gasteiger partial charge in [0, 0.05) is 12.1 Å². The number of ether oxygens (including phenoxy) is 1. The molecule has 6 nitrogen and oxygen atoms in total. The number of aliphatic hydroxyl groups is 1. The zero-order valence-corrected chi connectivity index (χ0v) is 12.0.